The number of methoxy groups -OCH3 is 1. The highest BCUT2D eigenvalue weighted by atomic mass is 16.5. The number of rotatable bonds is 9. The Bertz CT molecular complexity index is 1280. The van der Waals surface area contributed by atoms with Crippen molar-refractivity contribution in [1.82, 2.24) is 9.78 Å². The number of carboxylic acids is 1. The molecule has 6 heteroatoms. The van der Waals surface area contributed by atoms with Gasteiger partial charge in [0.05, 0.1) is 25.0 Å². The molecule has 1 aromatic heterocycles. The number of hydrogen-bond acceptors (Lipinski definition) is 4. The number of aliphatic carboxylic acids is 1. The highest BCUT2D eigenvalue weighted by Crippen LogP contribution is 2.37. The van der Waals surface area contributed by atoms with Crippen molar-refractivity contribution >= 4 is 5.97 Å². The lowest BCUT2D eigenvalue weighted by molar-refractivity contribution is -0.139. The van der Waals surface area contributed by atoms with Crippen LogP contribution < -0.4 is 9.47 Å². The molecule has 6 nitrogen and oxygen atoms in total. The first-order valence-corrected chi connectivity index (χ1v) is 11.2. The van der Waals surface area contributed by atoms with Crippen molar-refractivity contribution in [3.8, 4) is 34.0 Å². The molecule has 0 amide bonds. The summed E-state index contributed by atoms with van der Waals surface area (Å²) < 4.78 is 13.2. The number of nitrogens with zero attached hydrogens (tertiary/aromatic N) is 2. The van der Waals surface area contributed by atoms with E-state index < -0.39 is 12.6 Å². The third-order valence-corrected chi connectivity index (χ3v) is 5.64. The second-order valence-electron chi connectivity index (χ2n) is 8.35. The molecule has 0 aliphatic carbocycles. The molecule has 3 aromatic carbocycles. The van der Waals surface area contributed by atoms with Gasteiger partial charge in [0.25, 0.3) is 0 Å². The van der Waals surface area contributed by atoms with E-state index >= 15 is 0 Å². The van der Waals surface area contributed by atoms with Gasteiger partial charge in [0, 0.05) is 11.1 Å². The summed E-state index contributed by atoms with van der Waals surface area (Å²) in [4.78, 5) is 11.2. The Morgan fingerprint density at radius 1 is 0.941 bits per heavy atom. The van der Waals surface area contributed by atoms with Crippen molar-refractivity contribution in [1.29, 1.82) is 0 Å². The molecule has 0 saturated heterocycles. The molecule has 0 spiro atoms. The van der Waals surface area contributed by atoms with Gasteiger partial charge in [0.2, 0.25) is 0 Å². The largest absolute Gasteiger partial charge is 0.496 e. The zero-order chi connectivity index (χ0) is 24.1. The summed E-state index contributed by atoms with van der Waals surface area (Å²) in [5.74, 6) is 0.514. The van der Waals surface area contributed by atoms with Gasteiger partial charge in [-0.05, 0) is 47.4 Å². The van der Waals surface area contributed by atoms with Crippen molar-refractivity contribution in [3.63, 3.8) is 0 Å². The van der Waals surface area contributed by atoms with Crippen LogP contribution in [-0.2, 0) is 11.3 Å². The molecule has 4 rings (SSSR count). The average Bonchev–Trinajstić information content (AvgIpc) is 3.26. The summed E-state index contributed by atoms with van der Waals surface area (Å²) in [5, 5.41) is 14.1. The number of aromatic nitrogens is 2. The second-order valence-corrected chi connectivity index (χ2v) is 8.35. The average molecular weight is 457 g/mol. The molecular weight excluding hydrogens is 428 g/mol. The van der Waals surface area contributed by atoms with E-state index in [1.54, 1.807) is 7.11 Å². The monoisotopic (exact) mass is 456 g/mol. The SMILES string of the molecule is COc1ccccc1-c1cc(-c2cc(C(C)C)ccc2OCC(=O)O)nn1Cc1ccccc1. The van der Waals surface area contributed by atoms with E-state index in [0.29, 0.717) is 23.9 Å². The fourth-order valence-electron chi connectivity index (χ4n) is 3.87. The molecule has 1 heterocycles. The van der Waals surface area contributed by atoms with Gasteiger partial charge in [-0.1, -0.05) is 62.4 Å². The van der Waals surface area contributed by atoms with Crippen LogP contribution in [0.5, 0.6) is 11.5 Å². The molecule has 1 N–H and O–H groups in total. The number of carboxylic acid groups (broad SMARTS) is 1. The summed E-state index contributed by atoms with van der Waals surface area (Å²) in [6, 6.07) is 25.8. The normalized spacial score (nSPS) is 10.9. The lowest BCUT2D eigenvalue weighted by atomic mass is 9.98. The van der Waals surface area contributed by atoms with Crippen molar-refractivity contribution < 1.29 is 19.4 Å². The molecule has 174 valence electrons. The second kappa shape index (κ2) is 10.3. The number of benzene rings is 3. The zero-order valence-electron chi connectivity index (χ0n) is 19.6. The van der Waals surface area contributed by atoms with Gasteiger partial charge < -0.3 is 14.6 Å². The van der Waals surface area contributed by atoms with E-state index in [2.05, 4.69) is 26.0 Å². The van der Waals surface area contributed by atoms with Crippen molar-refractivity contribution in [2.45, 2.75) is 26.3 Å². The number of carbonyl (C=O) groups is 1. The Morgan fingerprint density at radius 2 is 1.68 bits per heavy atom. The highest BCUT2D eigenvalue weighted by Gasteiger charge is 2.19. The molecule has 0 saturated carbocycles. The minimum absolute atomic E-state index is 0.298. The predicted molar refractivity (Wildman–Crippen MR) is 132 cm³/mol. The maximum absolute atomic E-state index is 11.2. The molecule has 0 fully saturated rings. The zero-order valence-corrected chi connectivity index (χ0v) is 19.6. The van der Waals surface area contributed by atoms with Crippen LogP contribution in [0.25, 0.3) is 22.5 Å². The van der Waals surface area contributed by atoms with Crippen molar-refractivity contribution in [2.75, 3.05) is 13.7 Å². The van der Waals surface area contributed by atoms with Gasteiger partial charge in [0.15, 0.2) is 6.61 Å². The van der Waals surface area contributed by atoms with Crippen LogP contribution in [-0.4, -0.2) is 34.6 Å². The maximum Gasteiger partial charge on any atom is 0.341 e. The Balaban J connectivity index is 1.87. The molecule has 4 aromatic rings. The summed E-state index contributed by atoms with van der Waals surface area (Å²) in [6.07, 6.45) is 0. The topological polar surface area (TPSA) is 73.6 Å². The summed E-state index contributed by atoms with van der Waals surface area (Å²) in [6.45, 7) is 4.39. The van der Waals surface area contributed by atoms with Crippen LogP contribution in [0.1, 0.15) is 30.9 Å². The van der Waals surface area contributed by atoms with Crippen LogP contribution in [0.2, 0.25) is 0 Å². The van der Waals surface area contributed by atoms with E-state index in [1.165, 1.54) is 0 Å². The van der Waals surface area contributed by atoms with Crippen LogP contribution >= 0.6 is 0 Å². The van der Waals surface area contributed by atoms with Crippen molar-refractivity contribution in [2.24, 2.45) is 0 Å². The summed E-state index contributed by atoms with van der Waals surface area (Å²) in [5.41, 5.74) is 5.53. The predicted octanol–water partition coefficient (Wildman–Crippen LogP) is 5.86. The van der Waals surface area contributed by atoms with E-state index in [0.717, 1.165) is 33.7 Å². The van der Waals surface area contributed by atoms with E-state index in [4.69, 9.17) is 19.7 Å². The highest BCUT2D eigenvalue weighted by molar-refractivity contribution is 5.76. The smallest absolute Gasteiger partial charge is 0.341 e. The third kappa shape index (κ3) is 5.12. The van der Waals surface area contributed by atoms with E-state index in [-0.39, 0.29) is 0 Å². The van der Waals surface area contributed by atoms with Gasteiger partial charge >= 0.3 is 5.97 Å². The Kier molecular flexibility index (Phi) is 6.97. The molecule has 0 unspecified atom stereocenters. The first-order valence-electron chi connectivity index (χ1n) is 11.2. The molecule has 0 aliphatic rings. The Morgan fingerprint density at radius 3 is 2.38 bits per heavy atom. The van der Waals surface area contributed by atoms with Crippen molar-refractivity contribution in [3.05, 3.63) is 90.0 Å². The Hall–Kier alpha value is -4.06. The first-order chi connectivity index (χ1) is 16.5. The summed E-state index contributed by atoms with van der Waals surface area (Å²) >= 11 is 0. The standard InChI is InChI=1S/C28H28N2O4/c1-19(2)21-13-14-27(34-18-28(31)32)23(15-21)24-16-25(22-11-7-8-12-26(22)33-3)30(29-24)17-20-9-5-4-6-10-20/h4-16,19H,17-18H2,1-3H3,(H,31,32). The Labute approximate surface area is 199 Å². The first kappa shape index (κ1) is 23.1. The van der Waals surface area contributed by atoms with Crippen LogP contribution in [0.15, 0.2) is 78.9 Å². The minimum atomic E-state index is -1.02. The minimum Gasteiger partial charge on any atom is -0.496 e. The lowest BCUT2D eigenvalue weighted by Gasteiger charge is -2.12. The van der Waals surface area contributed by atoms with Crippen LogP contribution in [0.3, 0.4) is 0 Å². The molecular formula is C28H28N2O4. The maximum atomic E-state index is 11.2. The molecule has 0 radical (unpaired) electrons. The van der Waals surface area contributed by atoms with Crippen LogP contribution in [0, 0.1) is 0 Å². The summed E-state index contributed by atoms with van der Waals surface area (Å²) in [7, 11) is 1.65. The van der Waals surface area contributed by atoms with Gasteiger partial charge in [-0.25, -0.2) is 4.79 Å². The fourth-order valence-corrected chi connectivity index (χ4v) is 3.87. The van der Waals surface area contributed by atoms with Gasteiger partial charge in [-0.3, -0.25) is 4.68 Å². The van der Waals surface area contributed by atoms with Gasteiger partial charge in [-0.15, -0.1) is 0 Å². The van der Waals surface area contributed by atoms with Crippen LogP contribution in [0.4, 0.5) is 0 Å². The number of ether oxygens (including phenoxy) is 2. The third-order valence-electron chi connectivity index (χ3n) is 5.64. The molecule has 0 bridgehead atoms. The number of para-hydroxylation sites is 1. The van der Waals surface area contributed by atoms with E-state index in [1.807, 2.05) is 71.4 Å². The van der Waals surface area contributed by atoms with E-state index in [9.17, 15) is 4.79 Å². The van der Waals surface area contributed by atoms with Gasteiger partial charge in [0.1, 0.15) is 11.5 Å². The quantitative estimate of drug-likeness (QED) is 0.341. The number of hydrogen-bond donors (Lipinski definition) is 1. The molecule has 34 heavy (non-hydrogen) atoms. The molecule has 0 atom stereocenters. The lowest BCUT2D eigenvalue weighted by Crippen LogP contribution is -2.10. The van der Waals surface area contributed by atoms with Gasteiger partial charge in [-0.2, -0.15) is 5.10 Å². The molecule has 0 aliphatic heterocycles. The fraction of sp³-hybridized carbons (Fsp3) is 0.214.